The molecule has 2 rings (SSSR count). The Morgan fingerprint density at radius 1 is 1.44 bits per heavy atom. The van der Waals surface area contributed by atoms with E-state index in [1.165, 1.54) is 6.07 Å². The molecule has 1 aliphatic rings. The van der Waals surface area contributed by atoms with Crippen molar-refractivity contribution in [3.63, 3.8) is 0 Å². The Bertz CT molecular complexity index is 369. The van der Waals surface area contributed by atoms with E-state index in [2.05, 4.69) is 10.1 Å². The Labute approximate surface area is 97.5 Å². The Hall–Kier alpha value is -0.870. The summed E-state index contributed by atoms with van der Waals surface area (Å²) in [6.45, 7) is -2.36. The van der Waals surface area contributed by atoms with Crippen molar-refractivity contribution in [2.24, 2.45) is 0 Å². The number of benzene rings is 1. The highest BCUT2D eigenvalue weighted by Gasteiger charge is 2.21. The molecule has 1 aliphatic carbocycles. The molecule has 0 spiro atoms. The van der Waals surface area contributed by atoms with Gasteiger partial charge in [0, 0.05) is 23.2 Å². The molecule has 2 nitrogen and oxygen atoms in total. The van der Waals surface area contributed by atoms with Crippen LogP contribution in [0.25, 0.3) is 0 Å². The zero-order valence-corrected chi connectivity index (χ0v) is 9.31. The summed E-state index contributed by atoms with van der Waals surface area (Å²) < 4.78 is 28.7. The first kappa shape index (κ1) is 11.6. The van der Waals surface area contributed by atoms with E-state index in [0.717, 1.165) is 12.8 Å². The van der Waals surface area contributed by atoms with Crippen molar-refractivity contribution in [3.05, 3.63) is 28.8 Å². The first-order valence-corrected chi connectivity index (χ1v) is 5.50. The summed E-state index contributed by atoms with van der Waals surface area (Å²) in [6.07, 6.45) is 2.27. The average molecular weight is 248 g/mol. The minimum atomic E-state index is -2.82. The highest BCUT2D eigenvalue weighted by atomic mass is 35.5. The smallest absolute Gasteiger partial charge is 0.387 e. The topological polar surface area (TPSA) is 21.3 Å². The standard InChI is InChI=1S/C11H12ClF2NO/c12-9-2-1-3-10(16-11(13)14)8(9)6-15-7-4-5-7/h1-3,7,11,15H,4-6H2. The summed E-state index contributed by atoms with van der Waals surface area (Å²) in [6, 6.07) is 5.27. The minimum absolute atomic E-state index is 0.149. The first-order chi connectivity index (χ1) is 7.66. The molecular formula is C11H12ClF2NO. The number of hydrogen-bond acceptors (Lipinski definition) is 2. The summed E-state index contributed by atoms with van der Waals surface area (Å²) in [4.78, 5) is 0. The van der Waals surface area contributed by atoms with Crippen molar-refractivity contribution in [2.45, 2.75) is 32.0 Å². The Morgan fingerprint density at radius 3 is 2.81 bits per heavy atom. The van der Waals surface area contributed by atoms with Gasteiger partial charge in [-0.1, -0.05) is 17.7 Å². The maximum absolute atomic E-state index is 12.2. The van der Waals surface area contributed by atoms with Crippen LogP contribution in [0.5, 0.6) is 5.75 Å². The second-order valence-electron chi connectivity index (χ2n) is 3.75. The van der Waals surface area contributed by atoms with E-state index in [1.54, 1.807) is 12.1 Å². The normalized spacial score (nSPS) is 15.5. The number of halogens is 3. The van der Waals surface area contributed by atoms with Gasteiger partial charge < -0.3 is 10.1 Å². The van der Waals surface area contributed by atoms with Gasteiger partial charge in [0.05, 0.1) is 0 Å². The summed E-state index contributed by atoms with van der Waals surface area (Å²) in [7, 11) is 0. The molecule has 0 aromatic heterocycles. The largest absolute Gasteiger partial charge is 0.434 e. The lowest BCUT2D eigenvalue weighted by atomic mass is 10.2. The Balaban J connectivity index is 2.10. The van der Waals surface area contributed by atoms with E-state index in [0.29, 0.717) is 23.2 Å². The van der Waals surface area contributed by atoms with E-state index in [1.807, 2.05) is 0 Å². The SMILES string of the molecule is FC(F)Oc1cccc(Cl)c1CNC1CC1. The summed E-state index contributed by atoms with van der Waals surface area (Å²) in [5.74, 6) is 0.149. The van der Waals surface area contributed by atoms with Gasteiger partial charge in [0.25, 0.3) is 0 Å². The van der Waals surface area contributed by atoms with Crippen LogP contribution in [-0.2, 0) is 6.54 Å². The third kappa shape index (κ3) is 3.06. The fourth-order valence-corrected chi connectivity index (χ4v) is 1.68. The van der Waals surface area contributed by atoms with Gasteiger partial charge in [-0.25, -0.2) is 0 Å². The Morgan fingerprint density at radius 2 is 2.19 bits per heavy atom. The lowest BCUT2D eigenvalue weighted by molar-refractivity contribution is -0.0504. The molecule has 1 N–H and O–H groups in total. The molecule has 0 radical (unpaired) electrons. The van der Waals surface area contributed by atoms with Gasteiger partial charge >= 0.3 is 6.61 Å². The first-order valence-electron chi connectivity index (χ1n) is 5.12. The van der Waals surface area contributed by atoms with Crippen LogP contribution >= 0.6 is 11.6 Å². The second-order valence-corrected chi connectivity index (χ2v) is 4.16. The van der Waals surface area contributed by atoms with Gasteiger partial charge in [-0.3, -0.25) is 0 Å². The maximum Gasteiger partial charge on any atom is 0.387 e. The predicted octanol–water partition coefficient (Wildman–Crippen LogP) is 3.19. The zero-order valence-electron chi connectivity index (χ0n) is 8.55. The molecule has 0 heterocycles. The number of nitrogens with one attached hydrogen (secondary N) is 1. The van der Waals surface area contributed by atoms with Crippen LogP contribution in [0, 0.1) is 0 Å². The quantitative estimate of drug-likeness (QED) is 0.863. The van der Waals surface area contributed by atoms with E-state index in [9.17, 15) is 8.78 Å². The van der Waals surface area contributed by atoms with Crippen LogP contribution in [0.1, 0.15) is 18.4 Å². The molecule has 1 aromatic carbocycles. The van der Waals surface area contributed by atoms with E-state index in [4.69, 9.17) is 11.6 Å². The molecule has 0 unspecified atom stereocenters. The van der Waals surface area contributed by atoms with Crippen LogP contribution in [0.2, 0.25) is 5.02 Å². The number of hydrogen-bond donors (Lipinski definition) is 1. The van der Waals surface area contributed by atoms with Crippen molar-refractivity contribution in [3.8, 4) is 5.75 Å². The van der Waals surface area contributed by atoms with Crippen LogP contribution < -0.4 is 10.1 Å². The number of alkyl halides is 2. The van der Waals surface area contributed by atoms with Crippen molar-refractivity contribution in [2.75, 3.05) is 0 Å². The molecule has 16 heavy (non-hydrogen) atoms. The van der Waals surface area contributed by atoms with E-state index in [-0.39, 0.29) is 5.75 Å². The van der Waals surface area contributed by atoms with Crippen molar-refractivity contribution in [1.82, 2.24) is 5.32 Å². The fraction of sp³-hybridized carbons (Fsp3) is 0.455. The maximum atomic E-state index is 12.2. The van der Waals surface area contributed by atoms with Gasteiger partial charge in [-0.2, -0.15) is 8.78 Å². The molecular weight excluding hydrogens is 236 g/mol. The minimum Gasteiger partial charge on any atom is -0.434 e. The highest BCUT2D eigenvalue weighted by molar-refractivity contribution is 6.31. The molecule has 1 aromatic rings. The predicted molar refractivity (Wildman–Crippen MR) is 57.9 cm³/mol. The molecule has 0 aliphatic heterocycles. The molecule has 0 atom stereocenters. The van der Waals surface area contributed by atoms with E-state index < -0.39 is 6.61 Å². The molecule has 1 saturated carbocycles. The molecule has 5 heteroatoms. The third-order valence-electron chi connectivity index (χ3n) is 2.44. The van der Waals surface area contributed by atoms with Gasteiger partial charge in [0.2, 0.25) is 0 Å². The molecule has 1 fully saturated rings. The van der Waals surface area contributed by atoms with Crippen molar-refractivity contribution in [1.29, 1.82) is 0 Å². The molecule has 0 saturated heterocycles. The molecule has 0 amide bonds. The van der Waals surface area contributed by atoms with Gasteiger partial charge in [-0.15, -0.1) is 0 Å². The number of rotatable bonds is 5. The number of ether oxygens (including phenoxy) is 1. The van der Waals surface area contributed by atoms with Crippen molar-refractivity contribution < 1.29 is 13.5 Å². The lowest BCUT2D eigenvalue weighted by Gasteiger charge is -2.12. The van der Waals surface area contributed by atoms with Gasteiger partial charge in [0.1, 0.15) is 5.75 Å². The Kier molecular flexibility index (Phi) is 3.61. The summed E-state index contributed by atoms with van der Waals surface area (Å²) in [5.41, 5.74) is 0.594. The molecule has 0 bridgehead atoms. The van der Waals surface area contributed by atoms with Crippen molar-refractivity contribution >= 4 is 11.6 Å². The highest BCUT2D eigenvalue weighted by Crippen LogP contribution is 2.29. The summed E-state index contributed by atoms with van der Waals surface area (Å²) in [5, 5.41) is 3.67. The van der Waals surface area contributed by atoms with Crippen LogP contribution in [0.3, 0.4) is 0 Å². The second kappa shape index (κ2) is 4.97. The van der Waals surface area contributed by atoms with Crippen LogP contribution in [0.15, 0.2) is 18.2 Å². The van der Waals surface area contributed by atoms with Crippen LogP contribution in [-0.4, -0.2) is 12.7 Å². The third-order valence-corrected chi connectivity index (χ3v) is 2.79. The average Bonchev–Trinajstić information content (AvgIpc) is 2.99. The lowest BCUT2D eigenvalue weighted by Crippen LogP contribution is -2.17. The fourth-order valence-electron chi connectivity index (χ4n) is 1.45. The van der Waals surface area contributed by atoms with E-state index >= 15 is 0 Å². The van der Waals surface area contributed by atoms with Gasteiger partial charge in [-0.05, 0) is 25.0 Å². The van der Waals surface area contributed by atoms with Gasteiger partial charge in [0.15, 0.2) is 0 Å². The van der Waals surface area contributed by atoms with Crippen LogP contribution in [0.4, 0.5) is 8.78 Å². The summed E-state index contributed by atoms with van der Waals surface area (Å²) >= 11 is 5.95. The zero-order chi connectivity index (χ0) is 11.5. The monoisotopic (exact) mass is 247 g/mol. The molecule has 88 valence electrons.